The molecule has 0 unspecified atom stereocenters. The predicted octanol–water partition coefficient (Wildman–Crippen LogP) is 1.81. The molecule has 0 saturated heterocycles. The van der Waals surface area contributed by atoms with Crippen molar-refractivity contribution < 1.29 is 5.11 Å². The van der Waals surface area contributed by atoms with Crippen molar-refractivity contribution in [2.75, 3.05) is 13.6 Å². The minimum atomic E-state index is -0.259. The Morgan fingerprint density at radius 2 is 1.86 bits per heavy atom. The van der Waals surface area contributed by atoms with Gasteiger partial charge in [0.15, 0.2) is 0 Å². The van der Waals surface area contributed by atoms with Gasteiger partial charge in [0.1, 0.15) is 0 Å². The van der Waals surface area contributed by atoms with Gasteiger partial charge in [-0.3, -0.25) is 4.90 Å². The number of aryl methyl sites for hydroxylation is 1. The van der Waals surface area contributed by atoms with Gasteiger partial charge in [0, 0.05) is 13.1 Å². The normalized spacial score (nSPS) is 13.2. The zero-order chi connectivity index (χ0) is 10.6. The van der Waals surface area contributed by atoms with Crippen molar-refractivity contribution in [2.45, 2.75) is 26.5 Å². The molecule has 0 aliphatic heterocycles. The maximum absolute atomic E-state index is 9.20. The monoisotopic (exact) mass is 193 g/mol. The topological polar surface area (TPSA) is 23.5 Å². The Morgan fingerprint density at radius 1 is 1.29 bits per heavy atom. The molecule has 0 bridgehead atoms. The van der Waals surface area contributed by atoms with Crippen LogP contribution in [0.4, 0.5) is 0 Å². The van der Waals surface area contributed by atoms with Crippen LogP contribution in [0.25, 0.3) is 0 Å². The Bertz CT molecular complexity index is 266. The van der Waals surface area contributed by atoms with E-state index in [1.165, 1.54) is 11.1 Å². The van der Waals surface area contributed by atoms with E-state index in [9.17, 15) is 5.11 Å². The van der Waals surface area contributed by atoms with Gasteiger partial charge >= 0.3 is 0 Å². The number of aliphatic hydroxyl groups excluding tert-OH is 1. The van der Waals surface area contributed by atoms with E-state index >= 15 is 0 Å². The van der Waals surface area contributed by atoms with Crippen LogP contribution in [0.1, 0.15) is 18.1 Å². The van der Waals surface area contributed by atoms with Crippen LogP contribution >= 0.6 is 0 Å². The van der Waals surface area contributed by atoms with E-state index in [4.69, 9.17) is 0 Å². The fraction of sp³-hybridized carbons (Fsp3) is 0.500. The molecule has 1 N–H and O–H groups in total. The first kappa shape index (κ1) is 11.2. The van der Waals surface area contributed by atoms with Gasteiger partial charge in [-0.05, 0) is 26.5 Å². The zero-order valence-electron chi connectivity index (χ0n) is 9.20. The average Bonchev–Trinajstić information content (AvgIpc) is 2.07. The van der Waals surface area contributed by atoms with Crippen LogP contribution in [0.3, 0.4) is 0 Å². The van der Waals surface area contributed by atoms with Crippen molar-refractivity contribution in [3.05, 3.63) is 35.4 Å². The second-order valence-corrected chi connectivity index (χ2v) is 4.03. The predicted molar refractivity (Wildman–Crippen MR) is 59.2 cm³/mol. The Hall–Kier alpha value is -0.860. The van der Waals surface area contributed by atoms with Crippen LogP contribution in [-0.4, -0.2) is 29.7 Å². The molecule has 0 aromatic heterocycles. The molecular formula is C12H19NO. The average molecular weight is 193 g/mol. The third-order valence-corrected chi connectivity index (χ3v) is 2.15. The summed E-state index contributed by atoms with van der Waals surface area (Å²) in [5.41, 5.74) is 2.57. The Kier molecular flexibility index (Phi) is 4.11. The molecule has 0 aliphatic rings. The second kappa shape index (κ2) is 5.13. The number of hydrogen-bond donors (Lipinski definition) is 1. The molecule has 78 valence electrons. The van der Waals surface area contributed by atoms with Gasteiger partial charge < -0.3 is 5.11 Å². The van der Waals surface area contributed by atoms with Crippen LogP contribution in [0, 0.1) is 6.92 Å². The highest BCUT2D eigenvalue weighted by molar-refractivity contribution is 5.21. The van der Waals surface area contributed by atoms with Crippen LogP contribution in [0.2, 0.25) is 0 Å². The molecule has 1 aromatic rings. The summed E-state index contributed by atoms with van der Waals surface area (Å²) in [7, 11) is 2.02. The summed E-state index contributed by atoms with van der Waals surface area (Å²) in [6.45, 7) is 5.51. The number of benzene rings is 1. The minimum Gasteiger partial charge on any atom is -0.392 e. The minimum absolute atomic E-state index is 0.259. The number of hydrogen-bond acceptors (Lipinski definition) is 2. The number of likely N-dealkylation sites (N-methyl/N-ethyl adjacent to an activating group) is 1. The van der Waals surface area contributed by atoms with Crippen molar-refractivity contribution in [1.29, 1.82) is 0 Å². The van der Waals surface area contributed by atoms with Gasteiger partial charge in [0.05, 0.1) is 6.10 Å². The quantitative estimate of drug-likeness (QED) is 0.788. The number of aliphatic hydroxyl groups is 1. The second-order valence-electron chi connectivity index (χ2n) is 4.03. The first-order chi connectivity index (χ1) is 6.58. The van der Waals surface area contributed by atoms with Crippen molar-refractivity contribution in [2.24, 2.45) is 0 Å². The first-order valence-corrected chi connectivity index (χ1v) is 5.00. The summed E-state index contributed by atoms with van der Waals surface area (Å²) in [6.07, 6.45) is -0.259. The molecule has 1 atom stereocenters. The van der Waals surface area contributed by atoms with Gasteiger partial charge in [-0.25, -0.2) is 0 Å². The van der Waals surface area contributed by atoms with Crippen molar-refractivity contribution in [3.63, 3.8) is 0 Å². The van der Waals surface area contributed by atoms with E-state index in [2.05, 4.69) is 36.1 Å². The molecule has 1 aromatic carbocycles. The highest BCUT2D eigenvalue weighted by Crippen LogP contribution is 2.05. The van der Waals surface area contributed by atoms with E-state index in [1.807, 2.05) is 14.0 Å². The Balaban J connectivity index is 2.47. The number of rotatable bonds is 4. The smallest absolute Gasteiger partial charge is 0.0639 e. The number of nitrogens with zero attached hydrogens (tertiary/aromatic N) is 1. The first-order valence-electron chi connectivity index (χ1n) is 5.00. The van der Waals surface area contributed by atoms with E-state index in [1.54, 1.807) is 0 Å². The van der Waals surface area contributed by atoms with E-state index < -0.39 is 0 Å². The zero-order valence-corrected chi connectivity index (χ0v) is 9.20. The molecular weight excluding hydrogens is 174 g/mol. The molecule has 1 rings (SSSR count). The van der Waals surface area contributed by atoms with Crippen molar-refractivity contribution in [1.82, 2.24) is 4.90 Å². The fourth-order valence-electron chi connectivity index (χ4n) is 1.52. The molecule has 0 fully saturated rings. The molecule has 0 aliphatic carbocycles. The maximum atomic E-state index is 9.20. The maximum Gasteiger partial charge on any atom is 0.0639 e. The summed E-state index contributed by atoms with van der Waals surface area (Å²) in [5.74, 6) is 0. The van der Waals surface area contributed by atoms with Gasteiger partial charge in [-0.2, -0.15) is 0 Å². The largest absolute Gasteiger partial charge is 0.392 e. The van der Waals surface area contributed by atoms with Crippen molar-refractivity contribution >= 4 is 0 Å². The van der Waals surface area contributed by atoms with Crippen LogP contribution in [0.15, 0.2) is 24.3 Å². The third kappa shape index (κ3) is 3.90. The van der Waals surface area contributed by atoms with E-state index in [-0.39, 0.29) is 6.10 Å². The highest BCUT2D eigenvalue weighted by Gasteiger charge is 2.03. The summed E-state index contributed by atoms with van der Waals surface area (Å²) >= 11 is 0. The molecule has 2 nitrogen and oxygen atoms in total. The van der Waals surface area contributed by atoms with Crippen molar-refractivity contribution in [3.8, 4) is 0 Å². The summed E-state index contributed by atoms with van der Waals surface area (Å²) < 4.78 is 0. The Labute approximate surface area is 86.2 Å². The lowest BCUT2D eigenvalue weighted by Crippen LogP contribution is -2.26. The molecule has 0 heterocycles. The van der Waals surface area contributed by atoms with E-state index in [0.29, 0.717) is 6.54 Å². The van der Waals surface area contributed by atoms with Gasteiger partial charge in [0.25, 0.3) is 0 Å². The molecule has 0 spiro atoms. The standard InChI is InChI=1S/C12H19NO/c1-10-4-6-12(7-5-10)9-13(3)8-11(2)14/h4-7,11,14H,8-9H2,1-3H3/t11-/m1/s1. The van der Waals surface area contributed by atoms with E-state index in [0.717, 1.165) is 6.54 Å². The highest BCUT2D eigenvalue weighted by atomic mass is 16.3. The fourth-order valence-corrected chi connectivity index (χ4v) is 1.52. The molecule has 0 radical (unpaired) electrons. The lowest BCUT2D eigenvalue weighted by Gasteiger charge is -2.18. The Morgan fingerprint density at radius 3 is 2.36 bits per heavy atom. The summed E-state index contributed by atoms with van der Waals surface area (Å²) in [4.78, 5) is 2.12. The summed E-state index contributed by atoms with van der Waals surface area (Å²) in [6, 6.07) is 8.50. The van der Waals surface area contributed by atoms with Crippen LogP contribution < -0.4 is 0 Å². The summed E-state index contributed by atoms with van der Waals surface area (Å²) in [5, 5.41) is 9.20. The third-order valence-electron chi connectivity index (χ3n) is 2.15. The van der Waals surface area contributed by atoms with Crippen LogP contribution in [0.5, 0.6) is 0 Å². The lowest BCUT2D eigenvalue weighted by atomic mass is 10.1. The van der Waals surface area contributed by atoms with Gasteiger partial charge in [-0.1, -0.05) is 29.8 Å². The molecule has 0 amide bonds. The van der Waals surface area contributed by atoms with Crippen LogP contribution in [-0.2, 0) is 6.54 Å². The van der Waals surface area contributed by atoms with Gasteiger partial charge in [-0.15, -0.1) is 0 Å². The molecule has 14 heavy (non-hydrogen) atoms. The molecule has 2 heteroatoms. The van der Waals surface area contributed by atoms with Gasteiger partial charge in [0.2, 0.25) is 0 Å². The lowest BCUT2D eigenvalue weighted by molar-refractivity contribution is 0.138. The SMILES string of the molecule is Cc1ccc(CN(C)C[C@@H](C)O)cc1. The molecule has 0 saturated carbocycles.